The Bertz CT molecular complexity index is 797. The van der Waals surface area contributed by atoms with Crippen LogP contribution < -0.4 is 4.90 Å². The number of benzene rings is 2. The number of hydrogen-bond donors (Lipinski definition) is 0. The van der Waals surface area contributed by atoms with Crippen molar-refractivity contribution in [3.8, 4) is 6.07 Å². The van der Waals surface area contributed by atoms with Gasteiger partial charge in [-0.3, -0.25) is 0 Å². The summed E-state index contributed by atoms with van der Waals surface area (Å²) in [6.07, 6.45) is 0. The lowest BCUT2D eigenvalue weighted by atomic mass is 10.1. The summed E-state index contributed by atoms with van der Waals surface area (Å²) in [7, 11) is 0. The van der Waals surface area contributed by atoms with Gasteiger partial charge in [0.2, 0.25) is 0 Å². The molecule has 3 rings (SSSR count). The smallest absolute Gasteiger partial charge is 0.146 e. The van der Waals surface area contributed by atoms with E-state index in [-0.39, 0.29) is 0 Å². The van der Waals surface area contributed by atoms with Crippen molar-refractivity contribution in [1.82, 2.24) is 9.97 Å². The molecule has 3 aromatic rings. The van der Waals surface area contributed by atoms with Crippen molar-refractivity contribution in [3.05, 3.63) is 89.4 Å². The second-order valence-corrected chi connectivity index (χ2v) is 5.60. The normalized spacial score (nSPS) is 10.2. The van der Waals surface area contributed by atoms with E-state index in [1.165, 1.54) is 11.1 Å². The molecule has 118 valence electrons. The van der Waals surface area contributed by atoms with Gasteiger partial charge in [-0.05, 0) is 18.1 Å². The van der Waals surface area contributed by atoms with Crippen LogP contribution >= 0.6 is 0 Å². The summed E-state index contributed by atoms with van der Waals surface area (Å²) in [5.74, 6) is 1.38. The van der Waals surface area contributed by atoms with Crippen LogP contribution in [0.15, 0.2) is 66.7 Å². The molecule has 0 atom stereocenters. The summed E-state index contributed by atoms with van der Waals surface area (Å²) < 4.78 is 0. The van der Waals surface area contributed by atoms with Crippen molar-refractivity contribution in [2.75, 3.05) is 4.90 Å². The van der Waals surface area contributed by atoms with E-state index in [4.69, 9.17) is 0 Å². The van der Waals surface area contributed by atoms with E-state index >= 15 is 0 Å². The quantitative estimate of drug-likeness (QED) is 0.717. The maximum Gasteiger partial charge on any atom is 0.146 e. The van der Waals surface area contributed by atoms with Crippen molar-refractivity contribution >= 4 is 5.82 Å². The first-order valence-corrected chi connectivity index (χ1v) is 7.83. The predicted molar refractivity (Wildman–Crippen MR) is 94.3 cm³/mol. The maximum atomic E-state index is 9.19. The zero-order valence-corrected chi connectivity index (χ0v) is 13.6. The molecule has 24 heavy (non-hydrogen) atoms. The first-order chi connectivity index (χ1) is 11.7. The minimum Gasteiger partial charge on any atom is -0.348 e. The number of hydrogen-bond acceptors (Lipinski definition) is 4. The summed E-state index contributed by atoms with van der Waals surface area (Å²) in [6.45, 7) is 3.25. The Labute approximate surface area is 142 Å². The SMILES string of the molecule is Cc1nc(C#N)cc(N(Cc2ccccc2)Cc2ccccc2)n1. The van der Waals surface area contributed by atoms with Crippen LogP contribution in [0.25, 0.3) is 0 Å². The largest absolute Gasteiger partial charge is 0.348 e. The first kappa shape index (κ1) is 15.7. The summed E-state index contributed by atoms with van der Waals surface area (Å²) in [5.41, 5.74) is 2.79. The Hall–Kier alpha value is -3.19. The number of aromatic nitrogens is 2. The molecule has 4 nitrogen and oxygen atoms in total. The zero-order chi connectivity index (χ0) is 16.8. The molecule has 0 bridgehead atoms. The number of nitriles is 1. The maximum absolute atomic E-state index is 9.19. The fourth-order valence-corrected chi connectivity index (χ4v) is 2.60. The number of anilines is 1. The highest BCUT2D eigenvalue weighted by Gasteiger charge is 2.12. The molecule has 0 N–H and O–H groups in total. The van der Waals surface area contributed by atoms with Gasteiger partial charge in [0.05, 0.1) is 0 Å². The molecule has 0 aliphatic carbocycles. The summed E-state index contributed by atoms with van der Waals surface area (Å²) in [4.78, 5) is 10.9. The van der Waals surface area contributed by atoms with E-state index in [1.807, 2.05) is 43.3 Å². The molecule has 0 radical (unpaired) electrons. The monoisotopic (exact) mass is 314 g/mol. The van der Waals surface area contributed by atoms with Gasteiger partial charge in [-0.2, -0.15) is 5.26 Å². The van der Waals surface area contributed by atoms with Gasteiger partial charge in [0, 0.05) is 19.2 Å². The second kappa shape index (κ2) is 7.38. The van der Waals surface area contributed by atoms with Gasteiger partial charge in [-0.15, -0.1) is 0 Å². The Morgan fingerprint density at radius 1 is 0.875 bits per heavy atom. The molecule has 0 fully saturated rings. The van der Waals surface area contributed by atoms with E-state index in [2.05, 4.69) is 45.2 Å². The molecule has 0 unspecified atom stereocenters. The molecule has 0 saturated heterocycles. The van der Waals surface area contributed by atoms with Crippen LogP contribution in [-0.4, -0.2) is 9.97 Å². The van der Waals surface area contributed by atoms with Crippen LogP contribution in [0, 0.1) is 18.3 Å². The van der Waals surface area contributed by atoms with Crippen molar-refractivity contribution < 1.29 is 0 Å². The Balaban J connectivity index is 1.95. The van der Waals surface area contributed by atoms with Gasteiger partial charge in [0.1, 0.15) is 23.4 Å². The predicted octanol–water partition coefficient (Wildman–Crippen LogP) is 3.86. The molecule has 2 aromatic carbocycles. The summed E-state index contributed by atoms with van der Waals surface area (Å²) in [6, 6.07) is 24.4. The van der Waals surface area contributed by atoms with Crippen LogP contribution in [-0.2, 0) is 13.1 Å². The van der Waals surface area contributed by atoms with E-state index in [1.54, 1.807) is 6.07 Å². The minimum atomic E-state index is 0.392. The molecule has 1 heterocycles. The molecular weight excluding hydrogens is 296 g/mol. The standard InChI is InChI=1S/C20H18N4/c1-16-22-19(13-21)12-20(23-16)24(14-17-8-4-2-5-9-17)15-18-10-6-3-7-11-18/h2-12H,14-15H2,1H3. The van der Waals surface area contributed by atoms with Crippen molar-refractivity contribution in [2.45, 2.75) is 20.0 Å². The van der Waals surface area contributed by atoms with E-state index in [9.17, 15) is 5.26 Å². The average Bonchev–Trinajstić information content (AvgIpc) is 2.62. The van der Waals surface area contributed by atoms with Gasteiger partial charge < -0.3 is 4.90 Å². The summed E-state index contributed by atoms with van der Waals surface area (Å²) >= 11 is 0. The first-order valence-electron chi connectivity index (χ1n) is 7.83. The lowest BCUT2D eigenvalue weighted by molar-refractivity contribution is 0.775. The molecular formula is C20H18N4. The molecule has 1 aromatic heterocycles. The van der Waals surface area contributed by atoms with Gasteiger partial charge in [-0.25, -0.2) is 9.97 Å². The van der Waals surface area contributed by atoms with E-state index in [0.717, 1.165) is 18.9 Å². The fraction of sp³-hybridized carbons (Fsp3) is 0.150. The molecule has 0 saturated carbocycles. The molecule has 4 heteroatoms. The van der Waals surface area contributed by atoms with Crippen LogP contribution in [0.4, 0.5) is 5.82 Å². The van der Waals surface area contributed by atoms with Crippen LogP contribution in [0.2, 0.25) is 0 Å². The topological polar surface area (TPSA) is 52.8 Å². The highest BCUT2D eigenvalue weighted by atomic mass is 15.2. The van der Waals surface area contributed by atoms with E-state index < -0.39 is 0 Å². The van der Waals surface area contributed by atoms with Crippen LogP contribution in [0.1, 0.15) is 22.6 Å². The Morgan fingerprint density at radius 3 is 1.92 bits per heavy atom. The lowest BCUT2D eigenvalue weighted by Gasteiger charge is -2.24. The average molecular weight is 314 g/mol. The highest BCUT2D eigenvalue weighted by Crippen LogP contribution is 2.19. The highest BCUT2D eigenvalue weighted by molar-refractivity contribution is 5.44. The van der Waals surface area contributed by atoms with Gasteiger partial charge >= 0.3 is 0 Å². The third-order valence-electron chi connectivity index (χ3n) is 3.70. The van der Waals surface area contributed by atoms with Crippen molar-refractivity contribution in [3.63, 3.8) is 0 Å². The zero-order valence-electron chi connectivity index (χ0n) is 13.6. The number of aryl methyl sites for hydroxylation is 1. The Morgan fingerprint density at radius 2 is 1.42 bits per heavy atom. The third kappa shape index (κ3) is 3.96. The van der Waals surface area contributed by atoms with Gasteiger partial charge in [-0.1, -0.05) is 60.7 Å². The molecule has 0 spiro atoms. The molecule has 0 aliphatic rings. The lowest BCUT2D eigenvalue weighted by Crippen LogP contribution is -2.23. The minimum absolute atomic E-state index is 0.392. The van der Waals surface area contributed by atoms with Crippen LogP contribution in [0.3, 0.4) is 0 Å². The number of rotatable bonds is 5. The molecule has 0 aliphatic heterocycles. The fourth-order valence-electron chi connectivity index (χ4n) is 2.60. The van der Waals surface area contributed by atoms with Gasteiger partial charge in [0.15, 0.2) is 0 Å². The summed E-state index contributed by atoms with van der Waals surface area (Å²) in [5, 5.41) is 9.19. The van der Waals surface area contributed by atoms with Crippen LogP contribution in [0.5, 0.6) is 0 Å². The van der Waals surface area contributed by atoms with E-state index in [0.29, 0.717) is 11.5 Å². The van der Waals surface area contributed by atoms with Crippen molar-refractivity contribution in [2.24, 2.45) is 0 Å². The Kier molecular flexibility index (Phi) is 4.83. The number of nitrogens with zero attached hydrogens (tertiary/aromatic N) is 4. The third-order valence-corrected chi connectivity index (χ3v) is 3.70. The molecule has 0 amide bonds. The van der Waals surface area contributed by atoms with Gasteiger partial charge in [0.25, 0.3) is 0 Å². The van der Waals surface area contributed by atoms with Crippen molar-refractivity contribution in [1.29, 1.82) is 5.26 Å². The second-order valence-electron chi connectivity index (χ2n) is 5.60.